The second kappa shape index (κ2) is 12.7. The zero-order valence-corrected chi connectivity index (χ0v) is 25.0. The third-order valence-corrected chi connectivity index (χ3v) is 9.27. The fraction of sp³-hybridized carbons (Fsp3) is 0.471. The minimum absolute atomic E-state index is 0.0526. The molecule has 43 heavy (non-hydrogen) atoms. The number of hydrogen-bond acceptors (Lipinski definition) is 7. The van der Waals surface area contributed by atoms with Crippen molar-refractivity contribution in [2.24, 2.45) is 10.8 Å². The van der Waals surface area contributed by atoms with Crippen molar-refractivity contribution < 1.29 is 19.1 Å². The van der Waals surface area contributed by atoms with Crippen LogP contribution in [0.5, 0.6) is 5.75 Å². The summed E-state index contributed by atoms with van der Waals surface area (Å²) in [5.41, 5.74) is 1.15. The van der Waals surface area contributed by atoms with E-state index >= 15 is 0 Å². The molecular weight excluding hydrogens is 542 g/mol. The normalized spacial score (nSPS) is 20.6. The van der Waals surface area contributed by atoms with Crippen molar-refractivity contribution in [2.75, 3.05) is 57.4 Å². The second-order valence-corrected chi connectivity index (χ2v) is 12.5. The number of nitrogens with zero attached hydrogens (tertiary/aromatic N) is 5. The number of fused-ring (bicyclic) bond motifs is 1. The maximum absolute atomic E-state index is 14.1. The summed E-state index contributed by atoms with van der Waals surface area (Å²) in [5.74, 6) is 1.57. The van der Waals surface area contributed by atoms with Gasteiger partial charge in [-0.15, -0.1) is 0 Å². The van der Waals surface area contributed by atoms with Gasteiger partial charge in [0.2, 0.25) is 5.91 Å². The Morgan fingerprint density at radius 2 is 1.65 bits per heavy atom. The maximum Gasteiger partial charge on any atom is 0.257 e. The molecule has 226 valence electrons. The number of rotatable bonds is 4. The summed E-state index contributed by atoms with van der Waals surface area (Å²) in [5, 5.41) is 0. The minimum atomic E-state index is -0.395. The van der Waals surface area contributed by atoms with E-state index < -0.39 is 5.41 Å². The summed E-state index contributed by atoms with van der Waals surface area (Å²) in [6.07, 6.45) is 8.81. The van der Waals surface area contributed by atoms with Gasteiger partial charge in [0.1, 0.15) is 11.6 Å². The predicted octanol–water partition coefficient (Wildman–Crippen LogP) is 4.44. The molecule has 1 spiro atoms. The van der Waals surface area contributed by atoms with Crippen molar-refractivity contribution >= 4 is 17.6 Å². The fourth-order valence-corrected chi connectivity index (χ4v) is 6.47. The van der Waals surface area contributed by atoms with E-state index in [0.29, 0.717) is 63.9 Å². The topological polar surface area (TPSA) is 88.1 Å². The molecule has 2 saturated heterocycles. The number of piperidine rings is 1. The van der Waals surface area contributed by atoms with Crippen molar-refractivity contribution in [1.29, 1.82) is 0 Å². The van der Waals surface area contributed by atoms with E-state index in [1.165, 1.54) is 0 Å². The van der Waals surface area contributed by atoms with Crippen molar-refractivity contribution in [3.05, 3.63) is 84.3 Å². The van der Waals surface area contributed by atoms with Gasteiger partial charge in [0, 0.05) is 57.1 Å². The van der Waals surface area contributed by atoms with Crippen molar-refractivity contribution in [3.8, 4) is 5.75 Å². The van der Waals surface area contributed by atoms with Crippen LogP contribution in [-0.2, 0) is 16.1 Å². The Bertz CT molecular complexity index is 1390. The van der Waals surface area contributed by atoms with Gasteiger partial charge < -0.3 is 24.2 Å². The molecule has 2 aromatic carbocycles. The number of para-hydroxylation sites is 1. The van der Waals surface area contributed by atoms with E-state index in [1.54, 1.807) is 18.6 Å². The Morgan fingerprint density at radius 3 is 2.37 bits per heavy atom. The molecule has 3 aliphatic heterocycles. The minimum Gasteiger partial charge on any atom is -0.492 e. The van der Waals surface area contributed by atoms with Gasteiger partial charge in [-0.1, -0.05) is 42.5 Å². The molecule has 6 rings (SSSR count). The lowest BCUT2D eigenvalue weighted by molar-refractivity contribution is -0.171. The Morgan fingerprint density at radius 1 is 0.884 bits per heavy atom. The Balaban J connectivity index is 1.27. The van der Waals surface area contributed by atoms with Gasteiger partial charge in [0.25, 0.3) is 5.91 Å². The van der Waals surface area contributed by atoms with E-state index in [4.69, 9.17) is 9.47 Å². The molecule has 0 aliphatic carbocycles. The van der Waals surface area contributed by atoms with E-state index in [2.05, 4.69) is 27.0 Å². The van der Waals surface area contributed by atoms with Crippen LogP contribution < -0.4 is 9.64 Å². The predicted molar refractivity (Wildman–Crippen MR) is 164 cm³/mol. The van der Waals surface area contributed by atoms with E-state index in [0.717, 1.165) is 43.6 Å². The number of carbonyl (C=O) groups excluding carboxylic acids is 2. The smallest absolute Gasteiger partial charge is 0.257 e. The third kappa shape index (κ3) is 6.51. The van der Waals surface area contributed by atoms with Gasteiger partial charge in [-0.2, -0.15) is 0 Å². The molecule has 0 radical (unpaired) electrons. The summed E-state index contributed by atoms with van der Waals surface area (Å²) < 4.78 is 11.9. The number of ether oxygens (including phenoxy) is 2. The number of aromatic nitrogens is 2. The highest BCUT2D eigenvalue weighted by Crippen LogP contribution is 2.40. The quantitative estimate of drug-likeness (QED) is 0.449. The van der Waals surface area contributed by atoms with Crippen LogP contribution in [-0.4, -0.2) is 84.1 Å². The molecule has 0 atom stereocenters. The summed E-state index contributed by atoms with van der Waals surface area (Å²) in [4.78, 5) is 42.5. The Kier molecular flexibility index (Phi) is 8.61. The lowest BCUT2D eigenvalue weighted by Gasteiger charge is -2.46. The molecular formula is C34H41N5O4. The first-order valence-corrected chi connectivity index (χ1v) is 15.4. The maximum atomic E-state index is 14.1. The number of benzene rings is 2. The standard InChI is InChI=1S/C34H41N5O4/c1-33(24-42-25-33)32(41)38-18-13-34(14-19-38)12-7-17-37(30-22-35-15-16-36-30)20-21-39(23-27-8-3-2-4-9-27)31(40)28-10-5-6-11-29(28)43-26-34/h2-6,8-11,15-16,22H,7,12-14,17-21,23-26H2,1H3. The van der Waals surface area contributed by atoms with Crippen molar-refractivity contribution in [1.82, 2.24) is 19.8 Å². The molecule has 0 N–H and O–H groups in total. The molecule has 2 amide bonds. The van der Waals surface area contributed by atoms with Gasteiger partial charge >= 0.3 is 0 Å². The Labute approximate surface area is 253 Å². The van der Waals surface area contributed by atoms with E-state index in [1.807, 2.05) is 59.2 Å². The van der Waals surface area contributed by atoms with Gasteiger partial charge in [0.15, 0.2) is 0 Å². The monoisotopic (exact) mass is 583 g/mol. The molecule has 0 bridgehead atoms. The fourth-order valence-electron chi connectivity index (χ4n) is 6.47. The zero-order valence-electron chi connectivity index (χ0n) is 25.0. The molecule has 4 heterocycles. The largest absolute Gasteiger partial charge is 0.492 e. The summed E-state index contributed by atoms with van der Waals surface area (Å²) >= 11 is 0. The summed E-state index contributed by atoms with van der Waals surface area (Å²) in [7, 11) is 0. The van der Waals surface area contributed by atoms with Crippen LogP contribution in [0, 0.1) is 10.8 Å². The van der Waals surface area contributed by atoms with Crippen molar-refractivity contribution in [3.63, 3.8) is 0 Å². The summed E-state index contributed by atoms with van der Waals surface area (Å²) in [6, 6.07) is 17.7. The van der Waals surface area contributed by atoms with Crippen LogP contribution in [0.4, 0.5) is 5.82 Å². The first-order valence-electron chi connectivity index (χ1n) is 15.4. The first kappa shape index (κ1) is 29.1. The average molecular weight is 584 g/mol. The molecule has 9 nitrogen and oxygen atoms in total. The van der Waals surface area contributed by atoms with Crippen LogP contribution in [0.1, 0.15) is 48.5 Å². The Hall–Kier alpha value is -3.98. The molecule has 9 heteroatoms. The van der Waals surface area contributed by atoms with Crippen molar-refractivity contribution in [2.45, 2.75) is 39.2 Å². The molecule has 0 unspecified atom stereocenters. The van der Waals surface area contributed by atoms with Crippen LogP contribution in [0.2, 0.25) is 0 Å². The number of amides is 2. The zero-order chi connectivity index (χ0) is 29.7. The van der Waals surface area contributed by atoms with Crippen LogP contribution in [0.3, 0.4) is 0 Å². The average Bonchev–Trinajstić information content (AvgIpc) is 3.05. The van der Waals surface area contributed by atoms with Gasteiger partial charge in [-0.05, 0) is 50.3 Å². The van der Waals surface area contributed by atoms with Crippen LogP contribution in [0.25, 0.3) is 0 Å². The molecule has 2 fully saturated rings. The second-order valence-electron chi connectivity index (χ2n) is 12.5. The number of likely N-dealkylation sites (tertiary alicyclic amines) is 1. The third-order valence-electron chi connectivity index (χ3n) is 9.27. The lowest BCUT2D eigenvalue weighted by Crippen LogP contribution is -2.56. The highest BCUT2D eigenvalue weighted by Gasteiger charge is 2.46. The summed E-state index contributed by atoms with van der Waals surface area (Å²) in [6.45, 7) is 7.37. The molecule has 0 saturated carbocycles. The molecule has 3 aromatic rings. The number of anilines is 1. The SMILES string of the molecule is CC1(C(=O)N2CCC3(CCCN(c4cnccn4)CCN(Cc4ccccc4)C(=O)c4ccccc4OC3)CC2)COC1. The first-order chi connectivity index (χ1) is 20.9. The molecule has 1 aromatic heterocycles. The van der Waals surface area contributed by atoms with E-state index in [9.17, 15) is 9.59 Å². The van der Waals surface area contributed by atoms with Gasteiger partial charge in [0.05, 0.1) is 37.0 Å². The van der Waals surface area contributed by atoms with Crippen LogP contribution >= 0.6 is 0 Å². The van der Waals surface area contributed by atoms with Gasteiger partial charge in [-0.3, -0.25) is 14.6 Å². The number of hydrogen-bond donors (Lipinski definition) is 0. The molecule has 3 aliphatic rings. The number of carbonyl (C=O) groups is 2. The van der Waals surface area contributed by atoms with E-state index in [-0.39, 0.29) is 17.2 Å². The lowest BCUT2D eigenvalue weighted by atomic mass is 9.74. The highest BCUT2D eigenvalue weighted by molar-refractivity contribution is 5.97. The highest BCUT2D eigenvalue weighted by atomic mass is 16.5. The van der Waals surface area contributed by atoms with Gasteiger partial charge in [-0.25, -0.2) is 4.98 Å². The van der Waals surface area contributed by atoms with Crippen LogP contribution in [0.15, 0.2) is 73.2 Å².